The minimum Gasteiger partial charge on any atom is -0.375 e. The van der Waals surface area contributed by atoms with Crippen molar-refractivity contribution in [2.45, 2.75) is 6.18 Å². The van der Waals surface area contributed by atoms with E-state index in [9.17, 15) is 13.2 Å². The Morgan fingerprint density at radius 2 is 1.93 bits per heavy atom. The maximum Gasteiger partial charge on any atom is 0.416 e. The van der Waals surface area contributed by atoms with Crippen molar-refractivity contribution in [1.29, 1.82) is 0 Å². The number of anilines is 1. The van der Waals surface area contributed by atoms with Gasteiger partial charge in [0.05, 0.1) is 11.3 Å². The molecule has 0 aliphatic heterocycles. The molecule has 0 heterocycles. The highest BCUT2D eigenvalue weighted by atomic mass is 32.1. The van der Waals surface area contributed by atoms with Gasteiger partial charge in [-0.05, 0) is 30.4 Å². The quantitative estimate of drug-likeness (QED) is 0.441. The standard InChI is InChI=1S/C8H8F3N3S/c9-8(10,11)5-2-1-3-6(4-5)14(13)7(12)15/h1-4H,13H2,(H2,12,15). The first kappa shape index (κ1) is 11.7. The molecule has 1 rings (SSSR count). The van der Waals surface area contributed by atoms with E-state index in [1.807, 2.05) is 0 Å². The van der Waals surface area contributed by atoms with Crippen LogP contribution in [0.15, 0.2) is 24.3 Å². The minimum atomic E-state index is -4.41. The van der Waals surface area contributed by atoms with Crippen molar-refractivity contribution < 1.29 is 13.2 Å². The van der Waals surface area contributed by atoms with Crippen LogP contribution in [0.5, 0.6) is 0 Å². The number of benzene rings is 1. The Labute approximate surface area is 89.4 Å². The fourth-order valence-electron chi connectivity index (χ4n) is 0.959. The Bertz CT molecular complexity index is 378. The summed E-state index contributed by atoms with van der Waals surface area (Å²) in [5.74, 6) is 5.35. The van der Waals surface area contributed by atoms with Crippen molar-refractivity contribution in [2.75, 3.05) is 5.01 Å². The Morgan fingerprint density at radius 1 is 1.33 bits per heavy atom. The van der Waals surface area contributed by atoms with Gasteiger partial charge >= 0.3 is 6.18 Å². The average Bonchev–Trinajstić information content (AvgIpc) is 2.15. The Hall–Kier alpha value is -1.34. The maximum absolute atomic E-state index is 12.3. The number of nitrogens with zero attached hydrogens (tertiary/aromatic N) is 1. The summed E-state index contributed by atoms with van der Waals surface area (Å²) in [5, 5.41) is 0.610. The number of rotatable bonds is 1. The molecule has 3 nitrogen and oxygen atoms in total. The predicted molar refractivity (Wildman–Crippen MR) is 54.9 cm³/mol. The molecule has 0 saturated heterocycles. The molecule has 0 aliphatic rings. The lowest BCUT2D eigenvalue weighted by Crippen LogP contribution is -2.41. The molecule has 1 aromatic rings. The molecule has 0 aliphatic carbocycles. The molecule has 0 atom stereocenters. The molecule has 0 saturated carbocycles. The first-order valence-corrected chi connectivity index (χ1v) is 4.24. The molecule has 15 heavy (non-hydrogen) atoms. The molecule has 0 unspecified atom stereocenters. The zero-order chi connectivity index (χ0) is 11.6. The van der Waals surface area contributed by atoms with Crippen LogP contribution in [0.25, 0.3) is 0 Å². The van der Waals surface area contributed by atoms with Crippen molar-refractivity contribution >= 4 is 23.0 Å². The van der Waals surface area contributed by atoms with E-state index in [-0.39, 0.29) is 10.8 Å². The second kappa shape index (κ2) is 4.03. The highest BCUT2D eigenvalue weighted by molar-refractivity contribution is 7.80. The molecule has 82 valence electrons. The smallest absolute Gasteiger partial charge is 0.375 e. The van der Waals surface area contributed by atoms with Crippen LogP contribution >= 0.6 is 12.2 Å². The van der Waals surface area contributed by atoms with Crippen LogP contribution in [0.1, 0.15) is 5.56 Å². The molecule has 0 bridgehead atoms. The van der Waals surface area contributed by atoms with E-state index in [0.29, 0.717) is 0 Å². The van der Waals surface area contributed by atoms with E-state index in [1.54, 1.807) is 0 Å². The number of nitrogens with two attached hydrogens (primary N) is 2. The first-order valence-electron chi connectivity index (χ1n) is 3.84. The van der Waals surface area contributed by atoms with Crippen LogP contribution in [0.2, 0.25) is 0 Å². The van der Waals surface area contributed by atoms with Gasteiger partial charge in [0.1, 0.15) is 0 Å². The van der Waals surface area contributed by atoms with Crippen LogP contribution in [-0.4, -0.2) is 5.11 Å². The molecule has 0 amide bonds. The third-order valence-electron chi connectivity index (χ3n) is 1.69. The largest absolute Gasteiger partial charge is 0.416 e. The van der Waals surface area contributed by atoms with Crippen LogP contribution < -0.4 is 16.6 Å². The van der Waals surface area contributed by atoms with Crippen LogP contribution in [0.3, 0.4) is 0 Å². The minimum absolute atomic E-state index is 0.0947. The number of thiocarbonyl (C=S) groups is 1. The summed E-state index contributed by atoms with van der Waals surface area (Å²) in [7, 11) is 0. The van der Waals surface area contributed by atoms with Gasteiger partial charge in [-0.1, -0.05) is 6.07 Å². The monoisotopic (exact) mass is 235 g/mol. The Balaban J connectivity index is 3.08. The average molecular weight is 235 g/mol. The zero-order valence-corrected chi connectivity index (χ0v) is 8.27. The number of hydrogen-bond acceptors (Lipinski definition) is 2. The van der Waals surface area contributed by atoms with Gasteiger partial charge in [-0.2, -0.15) is 13.2 Å². The topological polar surface area (TPSA) is 55.3 Å². The number of alkyl halides is 3. The number of halogens is 3. The number of hydrazine groups is 1. The van der Waals surface area contributed by atoms with Gasteiger partial charge in [0.15, 0.2) is 5.11 Å². The van der Waals surface area contributed by atoms with E-state index < -0.39 is 11.7 Å². The predicted octanol–water partition coefficient (Wildman–Crippen LogP) is 1.63. The lowest BCUT2D eigenvalue weighted by Gasteiger charge is -2.17. The van der Waals surface area contributed by atoms with Crippen LogP contribution in [0, 0.1) is 0 Å². The molecule has 0 aromatic heterocycles. The Morgan fingerprint density at radius 3 is 2.40 bits per heavy atom. The molecule has 0 radical (unpaired) electrons. The summed E-state index contributed by atoms with van der Waals surface area (Å²) in [4.78, 5) is 0. The fourth-order valence-corrected chi connectivity index (χ4v) is 1.06. The molecule has 4 N–H and O–H groups in total. The summed E-state index contributed by atoms with van der Waals surface area (Å²) >= 11 is 4.53. The van der Waals surface area contributed by atoms with Crippen molar-refractivity contribution in [2.24, 2.45) is 11.6 Å². The van der Waals surface area contributed by atoms with Crippen LogP contribution in [0.4, 0.5) is 18.9 Å². The second-order valence-electron chi connectivity index (χ2n) is 2.76. The SMILES string of the molecule is NC(=S)N(N)c1cccc(C(F)(F)F)c1. The van der Waals surface area contributed by atoms with Gasteiger partial charge in [0.2, 0.25) is 0 Å². The zero-order valence-electron chi connectivity index (χ0n) is 7.45. The summed E-state index contributed by atoms with van der Waals surface area (Å²) in [6.07, 6.45) is -4.41. The second-order valence-corrected chi connectivity index (χ2v) is 3.17. The van der Waals surface area contributed by atoms with Gasteiger partial charge in [0, 0.05) is 0 Å². The molecule has 0 fully saturated rings. The molecular weight excluding hydrogens is 227 g/mol. The lowest BCUT2D eigenvalue weighted by molar-refractivity contribution is -0.137. The summed E-state index contributed by atoms with van der Waals surface area (Å²) in [5.41, 5.74) is 4.47. The van der Waals surface area contributed by atoms with Crippen LogP contribution in [-0.2, 0) is 6.18 Å². The van der Waals surface area contributed by atoms with Gasteiger partial charge in [-0.3, -0.25) is 5.01 Å². The summed E-state index contributed by atoms with van der Waals surface area (Å²) < 4.78 is 36.9. The highest BCUT2D eigenvalue weighted by Crippen LogP contribution is 2.31. The van der Waals surface area contributed by atoms with Gasteiger partial charge < -0.3 is 5.73 Å². The van der Waals surface area contributed by atoms with Gasteiger partial charge in [-0.15, -0.1) is 0 Å². The normalized spacial score (nSPS) is 11.2. The molecule has 7 heteroatoms. The van der Waals surface area contributed by atoms with Crippen molar-refractivity contribution in [3.05, 3.63) is 29.8 Å². The third kappa shape index (κ3) is 2.80. The summed E-state index contributed by atoms with van der Waals surface area (Å²) in [6.45, 7) is 0. The number of hydrogen-bond donors (Lipinski definition) is 2. The van der Waals surface area contributed by atoms with Gasteiger partial charge in [0.25, 0.3) is 0 Å². The van der Waals surface area contributed by atoms with E-state index in [2.05, 4.69) is 12.2 Å². The third-order valence-corrected chi connectivity index (χ3v) is 1.89. The fraction of sp³-hybridized carbons (Fsp3) is 0.125. The highest BCUT2D eigenvalue weighted by Gasteiger charge is 2.30. The van der Waals surface area contributed by atoms with E-state index >= 15 is 0 Å². The first-order chi connectivity index (χ1) is 6.82. The van der Waals surface area contributed by atoms with Gasteiger partial charge in [-0.25, -0.2) is 5.84 Å². The van der Waals surface area contributed by atoms with E-state index in [4.69, 9.17) is 11.6 Å². The van der Waals surface area contributed by atoms with Crippen molar-refractivity contribution in [3.63, 3.8) is 0 Å². The van der Waals surface area contributed by atoms with E-state index in [1.165, 1.54) is 12.1 Å². The van der Waals surface area contributed by atoms with Crippen molar-refractivity contribution in [1.82, 2.24) is 0 Å². The van der Waals surface area contributed by atoms with E-state index in [0.717, 1.165) is 17.1 Å². The molecule has 0 spiro atoms. The lowest BCUT2D eigenvalue weighted by atomic mass is 10.2. The maximum atomic E-state index is 12.3. The summed E-state index contributed by atoms with van der Waals surface area (Å²) in [6, 6.07) is 4.43. The Kier molecular flexibility index (Phi) is 3.15. The molecule has 1 aromatic carbocycles. The van der Waals surface area contributed by atoms with Crippen molar-refractivity contribution in [3.8, 4) is 0 Å². The molecular formula is C8H8F3N3S.